The number of pyridine rings is 1. The van der Waals surface area contributed by atoms with E-state index in [2.05, 4.69) is 21.9 Å². The Labute approximate surface area is 181 Å². The number of hydrogen-bond acceptors (Lipinski definition) is 5. The first-order valence-electron chi connectivity index (χ1n) is 8.82. The van der Waals surface area contributed by atoms with Gasteiger partial charge in [-0.1, -0.05) is 0 Å². The molecule has 0 atom stereocenters. The van der Waals surface area contributed by atoms with Crippen LogP contribution in [0.1, 0.15) is 10.4 Å². The van der Waals surface area contributed by atoms with Gasteiger partial charge in [-0.3, -0.25) is 19.6 Å². The molecule has 0 saturated heterocycles. The Morgan fingerprint density at radius 1 is 1.18 bits per heavy atom. The van der Waals surface area contributed by atoms with E-state index in [0.717, 1.165) is 29.0 Å². The zero-order valence-electron chi connectivity index (χ0n) is 16.4. The Morgan fingerprint density at radius 2 is 1.88 bits per heavy atom. The second-order valence-corrected chi connectivity index (χ2v) is 6.21. The zero-order valence-corrected chi connectivity index (χ0v) is 16.4. The summed E-state index contributed by atoms with van der Waals surface area (Å²) in [6.07, 6.45) is -7.90. The van der Waals surface area contributed by atoms with E-state index in [1.165, 1.54) is 6.07 Å². The minimum absolute atomic E-state index is 0.291. The lowest BCUT2D eigenvalue weighted by Gasteiger charge is -2.15. The predicted molar refractivity (Wildman–Crippen MR) is 103 cm³/mol. The lowest BCUT2D eigenvalue weighted by atomic mass is 10.2. The van der Waals surface area contributed by atoms with Crippen LogP contribution in [0.5, 0.6) is 5.75 Å². The number of carbonyl (C=O) groups is 1. The lowest BCUT2D eigenvalue weighted by Crippen LogP contribution is -2.33. The number of halogens is 7. The third-order valence-corrected chi connectivity index (χ3v) is 3.84. The largest absolute Gasteiger partial charge is 0.482 e. The van der Waals surface area contributed by atoms with E-state index in [-0.39, 0.29) is 5.69 Å². The smallest absolute Gasteiger partial charge is 0.432 e. The lowest BCUT2D eigenvalue weighted by molar-refractivity contribution is -0.153. The summed E-state index contributed by atoms with van der Waals surface area (Å²) in [7, 11) is 0. The molecule has 0 radical (unpaired) electrons. The van der Waals surface area contributed by atoms with Gasteiger partial charge in [0, 0.05) is 25.5 Å². The Kier molecular flexibility index (Phi) is 7.85. The van der Waals surface area contributed by atoms with E-state index < -0.39 is 59.8 Å². The second-order valence-electron chi connectivity index (χ2n) is 6.21. The molecule has 0 unspecified atom stereocenters. The molecule has 2 N–H and O–H groups in total. The van der Waals surface area contributed by atoms with E-state index in [4.69, 9.17) is 0 Å². The summed E-state index contributed by atoms with van der Waals surface area (Å²) in [4.78, 5) is 25.0. The summed E-state index contributed by atoms with van der Waals surface area (Å²) < 4.78 is 94.6. The van der Waals surface area contributed by atoms with Gasteiger partial charge in [-0.05, 0) is 30.3 Å². The Bertz CT molecular complexity index is 1110. The molecule has 0 fully saturated rings. The molecular formula is C19H15F7N4O3. The maximum Gasteiger partial charge on any atom is 0.432 e. The fraction of sp³-hybridized carbons (Fsp3) is 0.211. The van der Waals surface area contributed by atoms with Crippen molar-refractivity contribution in [2.45, 2.75) is 12.4 Å². The van der Waals surface area contributed by atoms with Crippen LogP contribution in [0.15, 0.2) is 58.2 Å². The fourth-order valence-corrected chi connectivity index (χ4v) is 2.47. The third kappa shape index (κ3) is 7.08. The normalized spacial score (nSPS) is 12.3. The van der Waals surface area contributed by atoms with Gasteiger partial charge in [-0.2, -0.15) is 31.4 Å². The summed E-state index contributed by atoms with van der Waals surface area (Å²) in [5.41, 5.74) is -1.55. The van der Waals surface area contributed by atoms with Crippen molar-refractivity contribution in [2.24, 2.45) is 5.10 Å². The topological polar surface area (TPSA) is 84.7 Å². The van der Waals surface area contributed by atoms with Crippen molar-refractivity contribution in [1.82, 2.24) is 15.3 Å². The number of nitrogens with zero attached hydrogens (tertiary/aromatic N) is 2. The minimum atomic E-state index is -4.80. The van der Waals surface area contributed by atoms with E-state index in [1.807, 2.05) is 0 Å². The number of rotatable bonds is 8. The number of aromatic nitrogens is 1. The SMILES string of the molecule is C=NN/C(=C\CNC(=O)c1cccn(-c2ccc(F)cc2OCC(F)(F)F)c1=O)C(F)(F)F. The first-order chi connectivity index (χ1) is 15.3. The van der Waals surface area contributed by atoms with Crippen molar-refractivity contribution in [1.29, 1.82) is 0 Å². The van der Waals surface area contributed by atoms with Gasteiger partial charge in [-0.25, -0.2) is 4.39 Å². The molecule has 7 nitrogen and oxygen atoms in total. The molecule has 33 heavy (non-hydrogen) atoms. The molecule has 0 saturated carbocycles. The van der Waals surface area contributed by atoms with Gasteiger partial charge in [0.25, 0.3) is 11.5 Å². The van der Waals surface area contributed by atoms with Gasteiger partial charge in [0.05, 0.1) is 5.69 Å². The van der Waals surface area contributed by atoms with Crippen molar-refractivity contribution in [3.05, 3.63) is 70.0 Å². The molecule has 0 bridgehead atoms. The van der Waals surface area contributed by atoms with Gasteiger partial charge in [0.1, 0.15) is 22.8 Å². The molecule has 2 aromatic rings. The van der Waals surface area contributed by atoms with Gasteiger partial charge in [-0.15, -0.1) is 0 Å². The Hall–Kier alpha value is -3.84. The molecule has 0 aliphatic heterocycles. The monoisotopic (exact) mass is 480 g/mol. The highest BCUT2D eigenvalue weighted by Crippen LogP contribution is 2.26. The Balaban J connectivity index is 2.32. The highest BCUT2D eigenvalue weighted by molar-refractivity contribution is 5.94. The number of hydrogen-bond donors (Lipinski definition) is 2. The number of ether oxygens (including phenoxy) is 1. The summed E-state index contributed by atoms with van der Waals surface area (Å²) in [6, 6.07) is 4.69. The second kappa shape index (κ2) is 10.2. The standard InChI is InChI=1S/C19H15F7N4O3/c1-27-29-15(19(24,25)26)6-7-28-16(31)12-3-2-8-30(17(12)32)13-5-4-11(20)9-14(13)33-10-18(21,22)23/h2-6,8-9,29H,1,7,10H2,(H,28,31)/b15-6-. The number of allylic oxidation sites excluding steroid dienone is 1. The fourth-order valence-electron chi connectivity index (χ4n) is 2.47. The molecule has 178 valence electrons. The van der Waals surface area contributed by atoms with Crippen molar-refractivity contribution >= 4 is 12.6 Å². The van der Waals surface area contributed by atoms with E-state index >= 15 is 0 Å². The molecule has 2 rings (SSSR count). The number of nitrogens with one attached hydrogen (secondary N) is 2. The quantitative estimate of drug-likeness (QED) is 0.345. The van der Waals surface area contributed by atoms with Gasteiger partial charge >= 0.3 is 12.4 Å². The molecular weight excluding hydrogens is 465 g/mol. The van der Waals surface area contributed by atoms with Crippen LogP contribution in [-0.4, -0.2) is 42.7 Å². The molecule has 0 spiro atoms. The van der Waals surface area contributed by atoms with Crippen LogP contribution in [0.25, 0.3) is 5.69 Å². The molecule has 1 aromatic heterocycles. The highest BCUT2D eigenvalue weighted by atomic mass is 19.4. The number of benzene rings is 1. The van der Waals surface area contributed by atoms with Crippen LogP contribution in [0.2, 0.25) is 0 Å². The van der Waals surface area contributed by atoms with Crippen LogP contribution >= 0.6 is 0 Å². The van der Waals surface area contributed by atoms with Crippen LogP contribution in [0.4, 0.5) is 30.7 Å². The molecule has 14 heteroatoms. The van der Waals surface area contributed by atoms with Crippen molar-refractivity contribution in [2.75, 3.05) is 13.2 Å². The van der Waals surface area contributed by atoms with Crippen molar-refractivity contribution in [3.63, 3.8) is 0 Å². The summed E-state index contributed by atoms with van der Waals surface area (Å²) in [6.45, 7) is 0.449. The van der Waals surface area contributed by atoms with Crippen LogP contribution in [-0.2, 0) is 0 Å². The highest BCUT2D eigenvalue weighted by Gasteiger charge is 2.33. The van der Waals surface area contributed by atoms with E-state index in [0.29, 0.717) is 12.1 Å². The van der Waals surface area contributed by atoms with Gasteiger partial charge in [0.15, 0.2) is 6.61 Å². The average Bonchev–Trinajstić information content (AvgIpc) is 2.71. The van der Waals surface area contributed by atoms with Gasteiger partial charge in [0.2, 0.25) is 0 Å². The third-order valence-electron chi connectivity index (χ3n) is 3.84. The maximum absolute atomic E-state index is 13.5. The first-order valence-corrected chi connectivity index (χ1v) is 8.82. The number of alkyl halides is 6. The number of carbonyl (C=O) groups excluding carboxylic acids is 1. The van der Waals surface area contributed by atoms with Gasteiger partial charge < -0.3 is 10.1 Å². The predicted octanol–water partition coefficient (Wildman–Crippen LogP) is 3.30. The summed E-state index contributed by atoms with van der Waals surface area (Å²) in [5.74, 6) is -2.63. The molecule has 1 heterocycles. The van der Waals surface area contributed by atoms with Crippen LogP contribution in [0.3, 0.4) is 0 Å². The van der Waals surface area contributed by atoms with E-state index in [1.54, 1.807) is 5.43 Å². The molecule has 0 aliphatic rings. The maximum atomic E-state index is 13.5. The molecule has 1 amide bonds. The summed E-state index contributed by atoms with van der Waals surface area (Å²) >= 11 is 0. The number of amides is 1. The van der Waals surface area contributed by atoms with Crippen molar-refractivity contribution < 1.29 is 40.3 Å². The molecule has 0 aliphatic carbocycles. The zero-order chi connectivity index (χ0) is 24.8. The minimum Gasteiger partial charge on any atom is -0.482 e. The van der Waals surface area contributed by atoms with Crippen LogP contribution in [0, 0.1) is 5.82 Å². The van der Waals surface area contributed by atoms with E-state index in [9.17, 15) is 40.3 Å². The number of hydrazone groups is 1. The van der Waals surface area contributed by atoms with Crippen LogP contribution < -0.4 is 21.0 Å². The average molecular weight is 480 g/mol. The first kappa shape index (κ1) is 25.4. The Morgan fingerprint density at radius 3 is 2.48 bits per heavy atom. The summed E-state index contributed by atoms with van der Waals surface area (Å²) in [5, 5.41) is 4.98. The van der Waals surface area contributed by atoms with Crippen molar-refractivity contribution in [3.8, 4) is 11.4 Å². The molecule has 1 aromatic carbocycles.